The molecule has 0 bridgehead atoms. The Bertz CT molecular complexity index is 480. The lowest BCUT2D eigenvalue weighted by atomic mass is 9.81. The van der Waals surface area contributed by atoms with E-state index in [9.17, 15) is 5.11 Å². The largest absolute Gasteiger partial charge is 0.496 e. The minimum atomic E-state index is -0.324. The van der Waals surface area contributed by atoms with Crippen molar-refractivity contribution in [3.05, 3.63) is 17.7 Å². The lowest BCUT2D eigenvalue weighted by Crippen LogP contribution is -2.45. The number of methoxy groups -OCH3 is 3. The molecule has 2 atom stereocenters. The first kappa shape index (κ1) is 15.9. The minimum Gasteiger partial charge on any atom is -0.496 e. The van der Waals surface area contributed by atoms with E-state index < -0.39 is 0 Å². The summed E-state index contributed by atoms with van der Waals surface area (Å²) in [6, 6.07) is 3.74. The van der Waals surface area contributed by atoms with Crippen LogP contribution in [0, 0.1) is 0 Å². The van der Waals surface area contributed by atoms with Crippen LogP contribution in [0.4, 0.5) is 0 Å². The summed E-state index contributed by atoms with van der Waals surface area (Å²) in [6.07, 6.45) is 0.951. The lowest BCUT2D eigenvalue weighted by molar-refractivity contribution is 0.0866. The summed E-state index contributed by atoms with van der Waals surface area (Å²) in [5.74, 6) is 2.32. The van der Waals surface area contributed by atoms with Gasteiger partial charge in [-0.1, -0.05) is 0 Å². The Kier molecular flexibility index (Phi) is 4.64. The van der Waals surface area contributed by atoms with Gasteiger partial charge in [-0.3, -0.25) is 4.90 Å². The molecule has 0 aliphatic carbocycles. The maximum atomic E-state index is 9.91. The number of ether oxygens (including phenoxy) is 3. The topological polar surface area (TPSA) is 51.2 Å². The lowest BCUT2D eigenvalue weighted by Gasteiger charge is -2.36. The highest BCUT2D eigenvalue weighted by atomic mass is 16.5. The predicted molar refractivity (Wildman–Crippen MR) is 81.6 cm³/mol. The molecule has 1 heterocycles. The van der Waals surface area contributed by atoms with Crippen LogP contribution in [0.25, 0.3) is 0 Å². The van der Waals surface area contributed by atoms with Crippen LogP contribution in [-0.4, -0.2) is 57.1 Å². The molecule has 2 rings (SSSR count). The molecule has 1 aliphatic rings. The number of benzene rings is 1. The van der Waals surface area contributed by atoms with Gasteiger partial charge in [0.25, 0.3) is 0 Å². The van der Waals surface area contributed by atoms with Crippen LogP contribution in [0.15, 0.2) is 12.1 Å². The summed E-state index contributed by atoms with van der Waals surface area (Å²) in [5, 5.41) is 9.91. The zero-order chi connectivity index (χ0) is 15.6. The van der Waals surface area contributed by atoms with E-state index in [1.54, 1.807) is 21.3 Å². The van der Waals surface area contributed by atoms with Gasteiger partial charge in [0, 0.05) is 29.2 Å². The van der Waals surface area contributed by atoms with Gasteiger partial charge in [0.1, 0.15) is 17.2 Å². The van der Waals surface area contributed by atoms with E-state index in [2.05, 4.69) is 11.8 Å². The highest BCUT2D eigenvalue weighted by molar-refractivity contribution is 5.54. The number of hydrogen-bond donors (Lipinski definition) is 1. The average Bonchev–Trinajstić information content (AvgIpc) is 2.81. The fourth-order valence-corrected chi connectivity index (χ4v) is 3.22. The van der Waals surface area contributed by atoms with Gasteiger partial charge >= 0.3 is 0 Å². The average molecular weight is 295 g/mol. The maximum Gasteiger partial charge on any atom is 0.129 e. The van der Waals surface area contributed by atoms with Crippen LogP contribution in [0.1, 0.15) is 24.8 Å². The Hall–Kier alpha value is -1.46. The van der Waals surface area contributed by atoms with Crippen molar-refractivity contribution >= 4 is 0 Å². The Labute approximate surface area is 126 Å². The second kappa shape index (κ2) is 6.12. The molecule has 0 radical (unpaired) electrons. The molecule has 1 N–H and O–H groups in total. The number of likely N-dealkylation sites (tertiary alicyclic amines) is 1. The molecule has 5 heteroatoms. The minimum absolute atomic E-state index is 0.0898. The van der Waals surface area contributed by atoms with Crippen LogP contribution < -0.4 is 14.2 Å². The van der Waals surface area contributed by atoms with Gasteiger partial charge in [0.2, 0.25) is 0 Å². The zero-order valence-corrected chi connectivity index (χ0v) is 13.5. The van der Waals surface area contributed by atoms with E-state index in [-0.39, 0.29) is 18.1 Å². The van der Waals surface area contributed by atoms with Crippen LogP contribution in [-0.2, 0) is 0 Å². The number of rotatable bonds is 5. The van der Waals surface area contributed by atoms with Gasteiger partial charge in [-0.2, -0.15) is 0 Å². The number of nitrogens with zero attached hydrogens (tertiary/aromatic N) is 1. The molecule has 1 aromatic carbocycles. The predicted octanol–water partition coefficient (Wildman–Crippen LogP) is 1.88. The Morgan fingerprint density at radius 1 is 1.19 bits per heavy atom. The fraction of sp³-hybridized carbons (Fsp3) is 0.625. The summed E-state index contributed by atoms with van der Waals surface area (Å²) < 4.78 is 16.4. The van der Waals surface area contributed by atoms with E-state index in [4.69, 9.17) is 14.2 Å². The monoisotopic (exact) mass is 295 g/mol. The van der Waals surface area contributed by atoms with Crippen molar-refractivity contribution in [2.75, 3.05) is 41.5 Å². The molecular weight excluding hydrogens is 270 g/mol. The molecule has 1 aromatic rings. The Morgan fingerprint density at radius 2 is 1.76 bits per heavy atom. The Balaban J connectivity index is 2.57. The highest BCUT2D eigenvalue weighted by Crippen LogP contribution is 2.49. The number of aliphatic hydroxyl groups is 1. The van der Waals surface area contributed by atoms with Crippen molar-refractivity contribution in [2.45, 2.75) is 24.8 Å². The summed E-state index contributed by atoms with van der Waals surface area (Å²) in [5.41, 5.74) is 0.677. The summed E-state index contributed by atoms with van der Waals surface area (Å²) in [4.78, 5) is 2.20. The van der Waals surface area contributed by atoms with Crippen molar-refractivity contribution in [1.29, 1.82) is 0 Å². The van der Waals surface area contributed by atoms with Crippen LogP contribution in [0.2, 0.25) is 0 Å². The highest BCUT2D eigenvalue weighted by Gasteiger charge is 2.45. The summed E-state index contributed by atoms with van der Waals surface area (Å²) >= 11 is 0. The maximum absolute atomic E-state index is 9.91. The molecule has 0 amide bonds. The van der Waals surface area contributed by atoms with Gasteiger partial charge in [-0.05, 0) is 26.9 Å². The number of hydrogen-bond acceptors (Lipinski definition) is 5. The van der Waals surface area contributed by atoms with Gasteiger partial charge in [-0.25, -0.2) is 0 Å². The van der Waals surface area contributed by atoms with Gasteiger partial charge < -0.3 is 19.3 Å². The van der Waals surface area contributed by atoms with E-state index >= 15 is 0 Å². The Morgan fingerprint density at radius 3 is 2.19 bits per heavy atom. The van der Waals surface area contributed by atoms with E-state index in [1.807, 2.05) is 19.2 Å². The first-order chi connectivity index (χ1) is 10.0. The quantitative estimate of drug-likeness (QED) is 0.899. The van der Waals surface area contributed by atoms with Crippen molar-refractivity contribution in [3.63, 3.8) is 0 Å². The first-order valence-electron chi connectivity index (χ1n) is 7.13. The van der Waals surface area contributed by atoms with E-state index in [0.29, 0.717) is 5.75 Å². The summed E-state index contributed by atoms with van der Waals surface area (Å²) in [7, 11) is 6.95. The second-order valence-corrected chi connectivity index (χ2v) is 5.72. The third-order valence-corrected chi connectivity index (χ3v) is 4.80. The SMILES string of the molecule is COc1cc(OC)c([C@@H]2CCN(C)[C@@]2(C)CO)c(OC)c1. The van der Waals surface area contributed by atoms with Crippen LogP contribution in [0.5, 0.6) is 17.2 Å². The van der Waals surface area contributed by atoms with Crippen molar-refractivity contribution in [3.8, 4) is 17.2 Å². The molecule has 118 valence electrons. The smallest absolute Gasteiger partial charge is 0.129 e. The third-order valence-electron chi connectivity index (χ3n) is 4.80. The normalized spacial score (nSPS) is 25.9. The van der Waals surface area contributed by atoms with Crippen molar-refractivity contribution < 1.29 is 19.3 Å². The van der Waals surface area contributed by atoms with E-state index in [0.717, 1.165) is 30.0 Å². The fourth-order valence-electron chi connectivity index (χ4n) is 3.22. The third kappa shape index (κ3) is 2.56. The molecule has 0 saturated carbocycles. The molecule has 0 spiro atoms. The van der Waals surface area contributed by atoms with Crippen molar-refractivity contribution in [2.24, 2.45) is 0 Å². The molecule has 1 saturated heterocycles. The number of likely N-dealkylation sites (N-methyl/N-ethyl adjacent to an activating group) is 1. The van der Waals surface area contributed by atoms with Gasteiger partial charge in [0.15, 0.2) is 0 Å². The van der Waals surface area contributed by atoms with Gasteiger partial charge in [-0.15, -0.1) is 0 Å². The molecule has 1 fully saturated rings. The molecule has 1 aliphatic heterocycles. The first-order valence-corrected chi connectivity index (χ1v) is 7.13. The molecular formula is C16H25NO4. The molecule has 5 nitrogen and oxygen atoms in total. The molecule has 21 heavy (non-hydrogen) atoms. The van der Waals surface area contributed by atoms with Crippen molar-refractivity contribution in [1.82, 2.24) is 4.90 Å². The van der Waals surface area contributed by atoms with Gasteiger partial charge in [0.05, 0.1) is 27.9 Å². The zero-order valence-electron chi connectivity index (χ0n) is 13.5. The van der Waals surface area contributed by atoms with Crippen LogP contribution in [0.3, 0.4) is 0 Å². The second-order valence-electron chi connectivity index (χ2n) is 5.72. The summed E-state index contributed by atoms with van der Waals surface area (Å²) in [6.45, 7) is 3.10. The van der Waals surface area contributed by atoms with E-state index in [1.165, 1.54) is 0 Å². The molecule has 0 unspecified atom stereocenters. The standard InChI is InChI=1S/C16H25NO4/c1-16(10-18)12(6-7-17(16)2)15-13(20-4)8-11(19-3)9-14(15)21-5/h8-9,12,18H,6-7,10H2,1-5H3/t12-,16-/m0/s1. The number of aliphatic hydroxyl groups excluding tert-OH is 1. The van der Waals surface area contributed by atoms with Crippen LogP contribution >= 0.6 is 0 Å². The molecule has 0 aromatic heterocycles.